The van der Waals surface area contributed by atoms with Crippen LogP contribution in [0.2, 0.25) is 0 Å². The van der Waals surface area contributed by atoms with Crippen LogP contribution in [0.1, 0.15) is 0 Å². The highest BCUT2D eigenvalue weighted by Gasteiger charge is 2.18. The highest BCUT2D eigenvalue weighted by Crippen LogP contribution is 2.04. The van der Waals surface area contributed by atoms with Crippen molar-refractivity contribution in [2.45, 2.75) is 0 Å². The molecule has 1 aliphatic rings. The van der Waals surface area contributed by atoms with Crippen molar-refractivity contribution >= 4 is 17.2 Å². The normalized spacial score (nSPS) is 15.7. The lowest BCUT2D eigenvalue weighted by atomic mass is 10.3. The molecule has 1 aromatic carbocycles. The second kappa shape index (κ2) is 6.52. The second-order valence-electron chi connectivity index (χ2n) is 4.03. The predicted molar refractivity (Wildman–Crippen MR) is 73.1 cm³/mol. The average Bonchev–Trinajstić information content (AvgIpc) is 2.49. The Kier molecular flexibility index (Phi) is 4.48. The van der Waals surface area contributed by atoms with Crippen LogP contribution < -0.4 is 11.2 Å². The first-order chi connectivity index (χ1) is 9.31. The average molecular weight is 258 g/mol. The van der Waals surface area contributed by atoms with Crippen molar-refractivity contribution < 1.29 is 9.31 Å². The molecule has 0 aliphatic carbocycles. The Bertz CT molecular complexity index is 522. The standard InChI is InChI=1S/C13H15N5O/c14-10-12(13(15)18-6-8-19-9-7-18)17-16-11-4-2-1-3-5-11/h1-5H,6-9H2,(H2,15,16)/p+1. The summed E-state index contributed by atoms with van der Waals surface area (Å²) >= 11 is 0. The van der Waals surface area contributed by atoms with Crippen molar-refractivity contribution in [1.29, 1.82) is 5.26 Å². The molecule has 0 saturated carbocycles. The van der Waals surface area contributed by atoms with Crippen LogP contribution in [0.3, 0.4) is 0 Å². The Morgan fingerprint density at radius 2 is 2.00 bits per heavy atom. The Morgan fingerprint density at radius 1 is 1.32 bits per heavy atom. The number of anilines is 1. The molecule has 0 spiro atoms. The highest BCUT2D eigenvalue weighted by molar-refractivity contribution is 6.45. The molecule has 0 aromatic heterocycles. The van der Waals surface area contributed by atoms with Crippen molar-refractivity contribution in [2.24, 2.45) is 10.8 Å². The Morgan fingerprint density at radius 3 is 2.63 bits per heavy atom. The number of hydrazone groups is 1. The van der Waals surface area contributed by atoms with Crippen molar-refractivity contribution in [2.75, 3.05) is 31.7 Å². The minimum atomic E-state index is 0.186. The van der Waals surface area contributed by atoms with Gasteiger partial charge in [0.2, 0.25) is 5.71 Å². The first-order valence-electron chi connectivity index (χ1n) is 6.05. The van der Waals surface area contributed by atoms with E-state index in [1.807, 2.05) is 41.0 Å². The largest absolute Gasteiger partial charge is 0.373 e. The van der Waals surface area contributed by atoms with E-state index < -0.39 is 0 Å². The van der Waals surface area contributed by atoms with Gasteiger partial charge in [-0.25, -0.2) is 0 Å². The molecule has 0 atom stereocenters. The summed E-state index contributed by atoms with van der Waals surface area (Å²) in [7, 11) is 0. The van der Waals surface area contributed by atoms with Gasteiger partial charge in [-0.05, 0) is 12.1 Å². The topological polar surface area (TPSA) is 86.4 Å². The van der Waals surface area contributed by atoms with Crippen molar-refractivity contribution in [1.82, 2.24) is 0 Å². The SMILES string of the molecule is N#C/C(=N/Nc1ccccc1)C(N)=[N+]1CCOCC1. The summed E-state index contributed by atoms with van der Waals surface area (Å²) in [6.07, 6.45) is 0. The number of morpholine rings is 1. The summed E-state index contributed by atoms with van der Waals surface area (Å²) in [6, 6.07) is 11.4. The summed E-state index contributed by atoms with van der Waals surface area (Å²) in [6.45, 7) is 2.59. The van der Waals surface area contributed by atoms with E-state index in [1.54, 1.807) is 0 Å². The smallest absolute Gasteiger partial charge is 0.307 e. The maximum atomic E-state index is 9.13. The van der Waals surface area contributed by atoms with Crippen LogP contribution in [0.4, 0.5) is 5.69 Å². The molecule has 0 unspecified atom stereocenters. The van der Waals surface area contributed by atoms with Crippen LogP contribution >= 0.6 is 0 Å². The molecule has 1 heterocycles. The first-order valence-corrected chi connectivity index (χ1v) is 6.05. The number of hydrogen-bond donors (Lipinski definition) is 2. The fourth-order valence-corrected chi connectivity index (χ4v) is 1.73. The Balaban J connectivity index is 2.13. The van der Waals surface area contributed by atoms with E-state index in [0.717, 1.165) is 5.69 Å². The molecule has 0 radical (unpaired) electrons. The van der Waals surface area contributed by atoms with Gasteiger partial charge in [-0.15, -0.1) is 0 Å². The van der Waals surface area contributed by atoms with Gasteiger partial charge in [0.15, 0.2) is 0 Å². The van der Waals surface area contributed by atoms with Crippen LogP contribution in [-0.2, 0) is 4.74 Å². The lowest BCUT2D eigenvalue weighted by molar-refractivity contribution is -0.548. The molecular formula is C13H16N5O+. The molecule has 0 bridgehead atoms. The number of hydrogen-bond acceptors (Lipinski definition) is 4. The monoisotopic (exact) mass is 258 g/mol. The van der Waals surface area contributed by atoms with Gasteiger partial charge in [-0.1, -0.05) is 18.2 Å². The van der Waals surface area contributed by atoms with E-state index >= 15 is 0 Å². The summed E-state index contributed by atoms with van der Waals surface area (Å²) in [5, 5.41) is 13.2. The zero-order chi connectivity index (χ0) is 13.5. The van der Waals surface area contributed by atoms with E-state index in [4.69, 9.17) is 15.7 Å². The third-order valence-corrected chi connectivity index (χ3v) is 2.77. The molecule has 6 heteroatoms. The molecule has 1 aliphatic heterocycles. The zero-order valence-corrected chi connectivity index (χ0v) is 10.5. The molecule has 98 valence electrons. The summed E-state index contributed by atoms with van der Waals surface area (Å²) < 4.78 is 7.14. The van der Waals surface area contributed by atoms with Gasteiger partial charge in [0.25, 0.3) is 0 Å². The molecular weight excluding hydrogens is 242 g/mol. The molecule has 19 heavy (non-hydrogen) atoms. The number of rotatable bonds is 3. The maximum Gasteiger partial charge on any atom is 0.307 e. The Labute approximate surface area is 111 Å². The van der Waals surface area contributed by atoms with Crippen LogP contribution in [-0.4, -0.2) is 42.4 Å². The number of nitriles is 1. The first kappa shape index (κ1) is 13.1. The van der Waals surface area contributed by atoms with Gasteiger partial charge in [0, 0.05) is 0 Å². The van der Waals surface area contributed by atoms with Gasteiger partial charge in [0.1, 0.15) is 19.2 Å². The number of nitrogens with one attached hydrogen (secondary N) is 1. The van der Waals surface area contributed by atoms with Gasteiger partial charge in [0.05, 0.1) is 18.9 Å². The summed E-state index contributed by atoms with van der Waals surface area (Å²) in [4.78, 5) is 0. The minimum absolute atomic E-state index is 0.186. The predicted octanol–water partition coefficient (Wildman–Crippen LogP) is 0.378. The lowest BCUT2D eigenvalue weighted by Gasteiger charge is -2.14. The molecule has 3 N–H and O–H groups in total. The van der Waals surface area contributed by atoms with E-state index in [-0.39, 0.29) is 5.71 Å². The molecule has 6 nitrogen and oxygen atoms in total. The van der Waals surface area contributed by atoms with Gasteiger partial charge < -0.3 is 4.74 Å². The van der Waals surface area contributed by atoms with E-state index in [0.29, 0.717) is 32.1 Å². The summed E-state index contributed by atoms with van der Waals surface area (Å²) in [5.74, 6) is 0.384. The molecule has 2 rings (SSSR count). The quantitative estimate of drug-likeness (QED) is 0.355. The summed E-state index contributed by atoms with van der Waals surface area (Å²) in [5.41, 5.74) is 9.78. The van der Waals surface area contributed by atoms with Crippen LogP contribution in [0.25, 0.3) is 0 Å². The van der Waals surface area contributed by atoms with E-state index in [9.17, 15) is 0 Å². The number of nitrogens with two attached hydrogens (primary N) is 1. The minimum Gasteiger partial charge on any atom is -0.373 e. The van der Waals surface area contributed by atoms with Crippen LogP contribution in [0.5, 0.6) is 0 Å². The van der Waals surface area contributed by atoms with Gasteiger partial charge >= 0.3 is 5.84 Å². The highest BCUT2D eigenvalue weighted by atomic mass is 16.5. The van der Waals surface area contributed by atoms with E-state index in [2.05, 4.69) is 10.5 Å². The molecule has 1 saturated heterocycles. The molecule has 1 aromatic rings. The van der Waals surface area contributed by atoms with E-state index in [1.165, 1.54) is 0 Å². The van der Waals surface area contributed by atoms with Crippen molar-refractivity contribution in [3.63, 3.8) is 0 Å². The molecule has 1 fully saturated rings. The number of para-hydroxylation sites is 1. The molecule has 0 amide bonds. The number of nitrogens with zero attached hydrogens (tertiary/aromatic N) is 3. The second-order valence-corrected chi connectivity index (χ2v) is 4.03. The van der Waals surface area contributed by atoms with Crippen LogP contribution in [0, 0.1) is 11.3 Å². The van der Waals surface area contributed by atoms with Gasteiger partial charge in [-0.3, -0.25) is 15.7 Å². The van der Waals surface area contributed by atoms with Gasteiger partial charge in [-0.2, -0.15) is 10.4 Å². The van der Waals surface area contributed by atoms with Crippen molar-refractivity contribution in [3.8, 4) is 6.07 Å². The zero-order valence-electron chi connectivity index (χ0n) is 10.5. The Hall–Kier alpha value is -2.39. The number of ether oxygens (including phenoxy) is 1. The third-order valence-electron chi connectivity index (χ3n) is 2.77. The lowest BCUT2D eigenvalue weighted by Crippen LogP contribution is -2.41. The third kappa shape index (κ3) is 3.53. The van der Waals surface area contributed by atoms with Crippen LogP contribution in [0.15, 0.2) is 35.4 Å². The fraction of sp³-hybridized carbons (Fsp3) is 0.308. The maximum absolute atomic E-state index is 9.13. The number of amidine groups is 1. The number of benzene rings is 1. The van der Waals surface area contributed by atoms with Crippen molar-refractivity contribution in [3.05, 3.63) is 30.3 Å². The fourth-order valence-electron chi connectivity index (χ4n) is 1.73.